The summed E-state index contributed by atoms with van der Waals surface area (Å²) >= 11 is -1.44. The van der Waals surface area contributed by atoms with E-state index in [1.807, 2.05) is 0 Å². The van der Waals surface area contributed by atoms with Crippen molar-refractivity contribution in [2.45, 2.75) is 11.9 Å². The molecule has 0 fully saturated rings. The second-order valence-electron chi connectivity index (χ2n) is 3.47. The molecule has 1 heterocycles. The van der Waals surface area contributed by atoms with Crippen LogP contribution in [0.4, 0.5) is 14.9 Å². The van der Waals surface area contributed by atoms with Crippen molar-refractivity contribution in [2.75, 3.05) is 25.2 Å². The van der Waals surface area contributed by atoms with Crippen LogP contribution in [-0.2, 0) is 11.2 Å². The van der Waals surface area contributed by atoms with E-state index in [0.717, 1.165) is 6.07 Å². The molecule has 2 amide bonds. The Bertz CT molecular complexity index is 415. The fourth-order valence-electron chi connectivity index (χ4n) is 1.03. The van der Waals surface area contributed by atoms with Gasteiger partial charge in [-0.2, -0.15) is 4.39 Å². The van der Waals surface area contributed by atoms with Gasteiger partial charge in [-0.05, 0) is 6.92 Å². The molecule has 7 heteroatoms. The van der Waals surface area contributed by atoms with Gasteiger partial charge in [-0.25, -0.2) is 9.78 Å². The highest BCUT2D eigenvalue weighted by atomic mass is 32.2. The highest BCUT2D eigenvalue weighted by Crippen LogP contribution is 2.17. The molecule has 0 aliphatic rings. The Kier molecular flexibility index (Phi) is 4.71. The molecule has 94 valence electrons. The summed E-state index contributed by atoms with van der Waals surface area (Å²) in [6.07, 6.45) is 1.29. The number of carbonyl (C=O) groups excluding carboxylic acids is 1. The van der Waals surface area contributed by atoms with Crippen LogP contribution >= 0.6 is 0 Å². The number of hydrogen-bond acceptors (Lipinski definition) is 3. The first-order valence-corrected chi connectivity index (χ1v) is 6.29. The summed E-state index contributed by atoms with van der Waals surface area (Å²) < 4.78 is 24.9. The quantitative estimate of drug-likeness (QED) is 0.835. The molecular weight excluding hydrogens is 245 g/mol. The lowest BCUT2D eigenvalue weighted by atomic mass is 10.4. The highest BCUT2D eigenvalue weighted by molar-refractivity contribution is 7.91. The molecule has 0 radical (unpaired) electrons. The van der Waals surface area contributed by atoms with E-state index in [2.05, 4.69) is 10.3 Å². The maximum absolute atomic E-state index is 13.5. The van der Waals surface area contributed by atoms with Crippen LogP contribution in [0, 0.1) is 5.82 Å². The molecule has 5 nitrogen and oxygen atoms in total. The summed E-state index contributed by atoms with van der Waals surface area (Å²) in [4.78, 5) is 16.4. The van der Waals surface area contributed by atoms with Gasteiger partial charge in [0.25, 0.3) is 5.03 Å². The van der Waals surface area contributed by atoms with E-state index >= 15 is 0 Å². The van der Waals surface area contributed by atoms with Crippen LogP contribution in [0.2, 0.25) is 0 Å². The van der Waals surface area contributed by atoms with Crippen molar-refractivity contribution in [1.29, 1.82) is 0 Å². The number of aromatic nitrogens is 1. The number of carbonyl (C=O) groups is 1. The van der Waals surface area contributed by atoms with Gasteiger partial charge in [0, 0.05) is 31.3 Å². The number of anilines is 1. The third-order valence-corrected chi connectivity index (χ3v) is 3.20. The van der Waals surface area contributed by atoms with Gasteiger partial charge in [0.15, 0.2) is 5.82 Å². The molecule has 0 aliphatic carbocycles. The van der Waals surface area contributed by atoms with Gasteiger partial charge in [0.2, 0.25) is 0 Å². The second kappa shape index (κ2) is 5.83. The van der Waals surface area contributed by atoms with Crippen molar-refractivity contribution in [2.24, 2.45) is 0 Å². The lowest BCUT2D eigenvalue weighted by molar-refractivity contribution is 0.230. The number of hydrogen-bond donors (Lipinski definition) is 1. The van der Waals surface area contributed by atoms with Gasteiger partial charge < -0.3 is 14.8 Å². The van der Waals surface area contributed by atoms with Gasteiger partial charge in [0.1, 0.15) is 5.75 Å². The molecule has 0 bridgehead atoms. The summed E-state index contributed by atoms with van der Waals surface area (Å²) in [5.41, 5.74) is 0.234. The zero-order valence-electron chi connectivity index (χ0n) is 9.86. The third-order valence-electron chi connectivity index (χ3n) is 1.94. The topological polar surface area (TPSA) is 68.3 Å². The zero-order chi connectivity index (χ0) is 13.0. The molecule has 1 unspecified atom stereocenters. The van der Waals surface area contributed by atoms with Crippen LogP contribution in [0.1, 0.15) is 6.92 Å². The molecular formula is C10H14FN3O2S. The first kappa shape index (κ1) is 13.7. The van der Waals surface area contributed by atoms with Crippen LogP contribution in [-0.4, -0.2) is 40.3 Å². The molecule has 0 saturated heterocycles. The summed E-state index contributed by atoms with van der Waals surface area (Å²) in [7, 11) is 3.14. The van der Waals surface area contributed by atoms with Gasteiger partial charge in [-0.15, -0.1) is 0 Å². The van der Waals surface area contributed by atoms with E-state index < -0.39 is 17.0 Å². The van der Waals surface area contributed by atoms with E-state index in [4.69, 9.17) is 0 Å². The number of nitrogens with zero attached hydrogens (tertiary/aromatic N) is 2. The number of urea groups is 1. The minimum Gasteiger partial charge on any atom is -0.610 e. The lowest BCUT2D eigenvalue weighted by Gasteiger charge is -2.12. The molecule has 0 aromatic carbocycles. The SMILES string of the molecule is CC[S+]([O-])c1ncc(NC(=O)N(C)C)cc1F. The van der Waals surface area contributed by atoms with Crippen LogP contribution in [0.25, 0.3) is 0 Å². The van der Waals surface area contributed by atoms with E-state index in [9.17, 15) is 13.7 Å². The monoisotopic (exact) mass is 259 g/mol. The van der Waals surface area contributed by atoms with Crippen LogP contribution in [0.15, 0.2) is 17.3 Å². The van der Waals surface area contributed by atoms with E-state index in [0.29, 0.717) is 5.75 Å². The zero-order valence-corrected chi connectivity index (χ0v) is 10.7. The fourth-order valence-corrected chi connectivity index (χ4v) is 1.75. The molecule has 1 atom stereocenters. The fraction of sp³-hybridized carbons (Fsp3) is 0.400. The molecule has 1 rings (SSSR count). The van der Waals surface area contributed by atoms with Crippen molar-refractivity contribution in [3.8, 4) is 0 Å². The third kappa shape index (κ3) is 3.57. The molecule has 17 heavy (non-hydrogen) atoms. The first-order chi connectivity index (χ1) is 7.95. The number of amides is 2. The first-order valence-electron chi connectivity index (χ1n) is 4.98. The smallest absolute Gasteiger partial charge is 0.321 e. The minimum absolute atomic E-state index is 0.0876. The molecule has 1 N–H and O–H groups in total. The van der Waals surface area contributed by atoms with E-state index in [1.165, 1.54) is 11.1 Å². The van der Waals surface area contributed by atoms with Gasteiger partial charge in [0.05, 0.1) is 11.9 Å². The molecule has 1 aromatic heterocycles. The summed E-state index contributed by atoms with van der Waals surface area (Å²) in [5, 5.41) is 2.36. The highest BCUT2D eigenvalue weighted by Gasteiger charge is 2.17. The Morgan fingerprint density at radius 1 is 1.65 bits per heavy atom. The Labute approximate surface area is 102 Å². The largest absolute Gasteiger partial charge is 0.610 e. The summed E-state index contributed by atoms with van der Waals surface area (Å²) in [6, 6.07) is 0.729. The summed E-state index contributed by atoms with van der Waals surface area (Å²) in [6.45, 7) is 1.68. The number of pyridine rings is 1. The average Bonchev–Trinajstić information content (AvgIpc) is 2.28. The molecule has 0 spiro atoms. The Morgan fingerprint density at radius 2 is 2.29 bits per heavy atom. The maximum atomic E-state index is 13.5. The van der Waals surface area contributed by atoms with Crippen LogP contribution in [0.3, 0.4) is 0 Å². The van der Waals surface area contributed by atoms with Gasteiger partial charge in [-0.1, -0.05) is 0 Å². The van der Waals surface area contributed by atoms with Crippen LogP contribution < -0.4 is 5.32 Å². The van der Waals surface area contributed by atoms with E-state index in [-0.39, 0.29) is 16.7 Å². The Hall–Kier alpha value is -1.34. The van der Waals surface area contributed by atoms with Crippen molar-refractivity contribution >= 4 is 22.9 Å². The lowest BCUT2D eigenvalue weighted by Crippen LogP contribution is -2.27. The van der Waals surface area contributed by atoms with Crippen molar-refractivity contribution in [1.82, 2.24) is 9.88 Å². The summed E-state index contributed by atoms with van der Waals surface area (Å²) in [5.74, 6) is -0.380. The van der Waals surface area contributed by atoms with Crippen molar-refractivity contribution in [3.05, 3.63) is 18.1 Å². The standard InChI is InChI=1S/C10H14FN3O2S/c1-4-17(16)9-8(11)5-7(6-12-9)13-10(15)14(2)3/h5-6H,4H2,1-3H3,(H,13,15). The van der Waals surface area contributed by atoms with E-state index in [1.54, 1.807) is 21.0 Å². The van der Waals surface area contributed by atoms with Gasteiger partial charge in [-0.3, -0.25) is 0 Å². The van der Waals surface area contributed by atoms with Crippen molar-refractivity contribution < 1.29 is 13.7 Å². The number of rotatable bonds is 3. The van der Waals surface area contributed by atoms with Crippen molar-refractivity contribution in [3.63, 3.8) is 0 Å². The predicted octanol–water partition coefficient (Wildman–Crippen LogP) is 1.44. The number of halogens is 1. The van der Waals surface area contributed by atoms with Gasteiger partial charge >= 0.3 is 6.03 Å². The normalized spacial score (nSPS) is 12.1. The second-order valence-corrected chi connectivity index (χ2v) is 5.12. The molecule has 1 aromatic rings. The molecule has 0 aliphatic heterocycles. The van der Waals surface area contributed by atoms with Crippen LogP contribution in [0.5, 0.6) is 0 Å². The maximum Gasteiger partial charge on any atom is 0.321 e. The predicted molar refractivity (Wildman–Crippen MR) is 63.9 cm³/mol. The Morgan fingerprint density at radius 3 is 2.76 bits per heavy atom. The average molecular weight is 259 g/mol. The Balaban J connectivity index is 2.86. The molecule has 0 saturated carbocycles. The number of nitrogens with one attached hydrogen (secondary N) is 1. The minimum atomic E-state index is -1.44.